The predicted octanol–water partition coefficient (Wildman–Crippen LogP) is 8.03. The average molecular weight is 475 g/mol. The Morgan fingerprint density at radius 2 is 1.71 bits per heavy atom. The molecule has 31 heavy (non-hydrogen) atoms. The molecule has 0 spiro atoms. The third kappa shape index (κ3) is 3.72. The van der Waals surface area contributed by atoms with Crippen LogP contribution in [0.2, 0.25) is 0 Å². The van der Waals surface area contributed by atoms with Crippen LogP contribution < -0.4 is 4.74 Å². The molecule has 154 valence electrons. The van der Waals surface area contributed by atoms with E-state index in [1.807, 2.05) is 59.2 Å². The second kappa shape index (κ2) is 7.54. The minimum atomic E-state index is -0.274. The number of para-hydroxylation sites is 1. The maximum atomic E-state index is 8.71. The number of hydrogen-bond donors (Lipinski definition) is 0. The van der Waals surface area contributed by atoms with Crippen molar-refractivity contribution in [2.24, 2.45) is 0 Å². The lowest BCUT2D eigenvalue weighted by atomic mass is 9.88. The van der Waals surface area contributed by atoms with Crippen molar-refractivity contribution in [2.45, 2.75) is 26.2 Å². The van der Waals surface area contributed by atoms with E-state index in [1.54, 1.807) is 6.20 Å². The second-order valence-electron chi connectivity index (χ2n) is 8.45. The molecule has 0 aliphatic carbocycles. The van der Waals surface area contributed by atoms with Gasteiger partial charge in [0.15, 0.2) is 0 Å². The van der Waals surface area contributed by atoms with Crippen LogP contribution in [0.4, 0.5) is 0 Å². The Bertz CT molecular complexity index is 1620. The van der Waals surface area contributed by atoms with E-state index in [2.05, 4.69) is 41.7 Å². The van der Waals surface area contributed by atoms with Gasteiger partial charge in [-0.1, -0.05) is 60.9 Å². The fourth-order valence-electron chi connectivity index (χ4n) is 3.67. The Labute approximate surface area is 196 Å². The molecule has 0 saturated carbocycles. The number of fused-ring (bicyclic) bond motifs is 3. The minimum Gasteiger partial charge on any atom is -0.457 e. The van der Waals surface area contributed by atoms with Gasteiger partial charge in [-0.2, -0.15) is 0 Å². The van der Waals surface area contributed by atoms with E-state index >= 15 is 0 Å². The molecule has 2 heterocycles. The monoisotopic (exact) mass is 474 g/mol. The highest BCUT2D eigenvalue weighted by atomic mass is 79.9. The minimum absolute atomic E-state index is 0.0719. The molecule has 5 aromatic rings. The zero-order valence-electron chi connectivity index (χ0n) is 21.5. The molecule has 3 nitrogen and oxygen atoms in total. The second-order valence-corrected chi connectivity index (χ2v) is 9.37. The number of pyridine rings is 1. The van der Waals surface area contributed by atoms with Gasteiger partial charge in [0, 0.05) is 27.5 Å². The molecule has 3 aromatic carbocycles. The highest BCUT2D eigenvalue weighted by Crippen LogP contribution is 2.35. The molecule has 0 amide bonds. The van der Waals surface area contributed by atoms with Gasteiger partial charge in [0.1, 0.15) is 17.3 Å². The summed E-state index contributed by atoms with van der Waals surface area (Å²) in [5.41, 5.74) is 2.03. The van der Waals surface area contributed by atoms with E-state index in [0.29, 0.717) is 39.1 Å². The zero-order chi connectivity index (χ0) is 25.1. The van der Waals surface area contributed by atoms with Crippen molar-refractivity contribution in [1.29, 1.82) is 0 Å². The van der Waals surface area contributed by atoms with Gasteiger partial charge in [0.2, 0.25) is 0 Å². The topological polar surface area (TPSA) is 27.1 Å². The van der Waals surface area contributed by atoms with Gasteiger partial charge in [-0.25, -0.2) is 4.98 Å². The molecule has 4 heteroatoms. The quantitative estimate of drug-likeness (QED) is 0.264. The lowest BCUT2D eigenvalue weighted by Crippen LogP contribution is -2.12. The van der Waals surface area contributed by atoms with Crippen LogP contribution in [0.1, 0.15) is 31.8 Å². The Morgan fingerprint density at radius 3 is 2.52 bits per heavy atom. The molecular formula is C27H23BrN2O. The first kappa shape index (κ1) is 15.7. The Kier molecular flexibility index (Phi) is 3.81. The molecule has 0 radical (unpaired) electrons. The number of ether oxygens (including phenoxy) is 1. The number of benzene rings is 3. The Balaban J connectivity index is 1.85. The van der Waals surface area contributed by atoms with Crippen molar-refractivity contribution in [3.05, 3.63) is 95.0 Å². The number of nitrogens with zero attached hydrogens (tertiary/aromatic N) is 2. The summed E-state index contributed by atoms with van der Waals surface area (Å²) >= 11 is 3.46. The molecular weight excluding hydrogens is 448 g/mol. The number of hydrogen-bond acceptors (Lipinski definition) is 2. The zero-order valence-corrected chi connectivity index (χ0v) is 19.0. The molecule has 0 N–H and O–H groups in total. The number of rotatable bonds is 3. The van der Waals surface area contributed by atoms with Gasteiger partial charge in [-0.15, -0.1) is 0 Å². The van der Waals surface area contributed by atoms with E-state index < -0.39 is 0 Å². The molecule has 0 aliphatic rings. The summed E-state index contributed by atoms with van der Waals surface area (Å²) in [4.78, 5) is 4.61. The standard InChI is InChI=1S/C27H23BrN2O/c1-27(2,3)18-13-14-29-26(15-18)30-24-10-5-4-9-22(24)23-12-11-21(17-25(23)30)31-20-8-6-7-19(28)16-20/h4-17H,1-3H3/i4D,5D,9D,10D. The summed E-state index contributed by atoms with van der Waals surface area (Å²) in [6.45, 7) is 6.36. The van der Waals surface area contributed by atoms with E-state index in [0.717, 1.165) is 10.0 Å². The maximum absolute atomic E-state index is 8.71. The fraction of sp³-hybridized carbons (Fsp3) is 0.148. The van der Waals surface area contributed by atoms with Crippen molar-refractivity contribution in [3.8, 4) is 17.3 Å². The smallest absolute Gasteiger partial charge is 0.137 e. The Hall–Kier alpha value is -3.11. The van der Waals surface area contributed by atoms with Crippen LogP contribution in [0.15, 0.2) is 89.4 Å². The van der Waals surface area contributed by atoms with Crippen molar-refractivity contribution in [2.75, 3.05) is 0 Å². The van der Waals surface area contributed by atoms with Crippen LogP contribution in [0.25, 0.3) is 27.6 Å². The highest BCUT2D eigenvalue weighted by Gasteiger charge is 2.18. The van der Waals surface area contributed by atoms with E-state index in [4.69, 9.17) is 10.2 Å². The van der Waals surface area contributed by atoms with E-state index in [1.165, 1.54) is 0 Å². The van der Waals surface area contributed by atoms with Crippen LogP contribution in [0, 0.1) is 0 Å². The summed E-state index contributed by atoms with van der Waals surface area (Å²) < 4.78 is 42.7. The first-order valence-electron chi connectivity index (χ1n) is 12.0. The van der Waals surface area contributed by atoms with Crippen molar-refractivity contribution in [3.63, 3.8) is 0 Å². The molecule has 0 atom stereocenters. The summed E-state index contributed by atoms with van der Waals surface area (Å²) in [6, 6.07) is 16.3. The van der Waals surface area contributed by atoms with Crippen molar-refractivity contribution in [1.82, 2.24) is 9.55 Å². The van der Waals surface area contributed by atoms with E-state index in [9.17, 15) is 0 Å². The SMILES string of the molecule is [2H]c1c([2H])c([2H])c2c(c1[2H])c1ccc(Oc3cccc(Br)c3)cc1n2-c1cc(C(C)(C)C)ccn1. The fourth-order valence-corrected chi connectivity index (χ4v) is 4.05. The van der Waals surface area contributed by atoms with Crippen LogP contribution in [-0.4, -0.2) is 9.55 Å². The summed E-state index contributed by atoms with van der Waals surface area (Å²) in [5, 5.41) is 1.17. The third-order valence-electron chi connectivity index (χ3n) is 5.24. The van der Waals surface area contributed by atoms with Crippen molar-refractivity contribution < 1.29 is 10.2 Å². The van der Waals surface area contributed by atoms with Gasteiger partial charge < -0.3 is 4.74 Å². The molecule has 0 fully saturated rings. The molecule has 5 rings (SSSR count). The van der Waals surface area contributed by atoms with Crippen LogP contribution >= 0.6 is 15.9 Å². The van der Waals surface area contributed by atoms with Crippen LogP contribution in [0.3, 0.4) is 0 Å². The highest BCUT2D eigenvalue weighted by molar-refractivity contribution is 9.10. The number of halogens is 1. The molecule has 2 aromatic heterocycles. The summed E-state index contributed by atoms with van der Waals surface area (Å²) in [6.07, 6.45) is 1.74. The maximum Gasteiger partial charge on any atom is 0.137 e. The predicted molar refractivity (Wildman–Crippen MR) is 131 cm³/mol. The van der Waals surface area contributed by atoms with Gasteiger partial charge >= 0.3 is 0 Å². The summed E-state index contributed by atoms with van der Waals surface area (Å²) in [5.74, 6) is 1.84. The largest absolute Gasteiger partial charge is 0.457 e. The molecule has 0 unspecified atom stereocenters. The lowest BCUT2D eigenvalue weighted by molar-refractivity contribution is 0.483. The third-order valence-corrected chi connectivity index (χ3v) is 5.74. The number of aromatic nitrogens is 2. The summed E-state index contributed by atoms with van der Waals surface area (Å²) in [7, 11) is 0. The van der Waals surface area contributed by atoms with Gasteiger partial charge in [0.25, 0.3) is 0 Å². The molecule has 0 saturated heterocycles. The van der Waals surface area contributed by atoms with Gasteiger partial charge in [-0.05, 0) is 59.5 Å². The van der Waals surface area contributed by atoms with Gasteiger partial charge in [0.05, 0.1) is 16.5 Å². The normalized spacial score (nSPS) is 13.7. The van der Waals surface area contributed by atoms with Crippen molar-refractivity contribution >= 4 is 37.7 Å². The van der Waals surface area contributed by atoms with Crippen LogP contribution in [0.5, 0.6) is 11.5 Å². The molecule has 0 bridgehead atoms. The average Bonchev–Trinajstić information content (AvgIpc) is 3.15. The molecule has 0 aliphatic heterocycles. The van der Waals surface area contributed by atoms with Gasteiger partial charge in [-0.3, -0.25) is 4.57 Å². The first-order valence-corrected chi connectivity index (χ1v) is 10.8. The lowest BCUT2D eigenvalue weighted by Gasteiger charge is -2.20. The Morgan fingerprint density at radius 1 is 0.903 bits per heavy atom. The first-order chi connectivity index (χ1) is 16.6. The van der Waals surface area contributed by atoms with E-state index in [-0.39, 0.29) is 29.6 Å². The van der Waals surface area contributed by atoms with Crippen LogP contribution in [-0.2, 0) is 5.41 Å².